The lowest BCUT2D eigenvalue weighted by molar-refractivity contribution is -0.384. The lowest BCUT2D eigenvalue weighted by Gasteiger charge is -2.30. The standard InChI is InChI=1S/C10H13N3O3/c14-8-3-2-6-12(7-8)10-9(13(15)16)4-1-5-11-10/h1,4-5,8,14H,2-3,6-7H2. The molecule has 6 heteroatoms. The van der Waals surface area contributed by atoms with Crippen LogP contribution in [0.15, 0.2) is 18.3 Å². The molecule has 16 heavy (non-hydrogen) atoms. The van der Waals surface area contributed by atoms with E-state index < -0.39 is 11.0 Å². The smallest absolute Gasteiger partial charge is 0.311 e. The van der Waals surface area contributed by atoms with Gasteiger partial charge in [0.1, 0.15) is 0 Å². The highest BCUT2D eigenvalue weighted by atomic mass is 16.6. The molecule has 1 aromatic heterocycles. The second kappa shape index (κ2) is 4.44. The van der Waals surface area contributed by atoms with Crippen molar-refractivity contribution in [2.45, 2.75) is 18.9 Å². The molecular formula is C10H13N3O3. The second-order valence-corrected chi connectivity index (χ2v) is 3.85. The van der Waals surface area contributed by atoms with Gasteiger partial charge in [-0.25, -0.2) is 4.98 Å². The largest absolute Gasteiger partial charge is 0.391 e. The van der Waals surface area contributed by atoms with Crippen LogP contribution in [0.2, 0.25) is 0 Å². The Balaban J connectivity index is 2.28. The highest BCUT2D eigenvalue weighted by Crippen LogP contribution is 2.27. The van der Waals surface area contributed by atoms with Crippen molar-refractivity contribution in [1.29, 1.82) is 0 Å². The maximum Gasteiger partial charge on any atom is 0.311 e. The van der Waals surface area contributed by atoms with Crippen LogP contribution in [0.3, 0.4) is 0 Å². The van der Waals surface area contributed by atoms with E-state index >= 15 is 0 Å². The number of piperidine rings is 1. The average Bonchev–Trinajstić information content (AvgIpc) is 2.29. The number of rotatable bonds is 2. The van der Waals surface area contributed by atoms with Gasteiger partial charge in [-0.1, -0.05) is 0 Å². The molecule has 0 radical (unpaired) electrons. The molecule has 1 aliphatic rings. The van der Waals surface area contributed by atoms with Crippen LogP contribution in [0.4, 0.5) is 11.5 Å². The van der Waals surface area contributed by atoms with Gasteiger partial charge in [-0.2, -0.15) is 0 Å². The van der Waals surface area contributed by atoms with Gasteiger partial charge in [0.25, 0.3) is 0 Å². The topological polar surface area (TPSA) is 79.5 Å². The molecule has 0 bridgehead atoms. The van der Waals surface area contributed by atoms with Crippen molar-refractivity contribution in [2.75, 3.05) is 18.0 Å². The van der Waals surface area contributed by atoms with Crippen LogP contribution in [-0.4, -0.2) is 34.2 Å². The molecule has 0 aliphatic carbocycles. The number of aliphatic hydroxyl groups excluding tert-OH is 1. The van der Waals surface area contributed by atoms with Crippen LogP contribution in [0.5, 0.6) is 0 Å². The minimum atomic E-state index is -0.441. The van der Waals surface area contributed by atoms with Crippen LogP contribution in [0.1, 0.15) is 12.8 Å². The zero-order chi connectivity index (χ0) is 11.5. The Bertz CT molecular complexity index is 397. The van der Waals surface area contributed by atoms with Crippen LogP contribution in [0, 0.1) is 10.1 Å². The molecule has 1 N–H and O–H groups in total. The summed E-state index contributed by atoms with van der Waals surface area (Å²) in [6.45, 7) is 1.12. The molecule has 6 nitrogen and oxygen atoms in total. The first-order valence-electron chi connectivity index (χ1n) is 5.21. The summed E-state index contributed by atoms with van der Waals surface area (Å²) >= 11 is 0. The van der Waals surface area contributed by atoms with Gasteiger partial charge in [0.2, 0.25) is 5.82 Å². The van der Waals surface area contributed by atoms with E-state index in [0.29, 0.717) is 18.9 Å². The summed E-state index contributed by atoms with van der Waals surface area (Å²) in [5, 5.41) is 20.4. The zero-order valence-corrected chi connectivity index (χ0v) is 8.74. The van der Waals surface area contributed by atoms with E-state index in [9.17, 15) is 15.2 Å². The number of nitro groups is 1. The van der Waals surface area contributed by atoms with Gasteiger partial charge in [-0.3, -0.25) is 10.1 Å². The van der Waals surface area contributed by atoms with Gasteiger partial charge in [0.05, 0.1) is 11.0 Å². The molecule has 1 saturated heterocycles. The number of hydrogen-bond donors (Lipinski definition) is 1. The summed E-state index contributed by atoms with van der Waals surface area (Å²) in [5.74, 6) is 0.353. The zero-order valence-electron chi connectivity index (χ0n) is 8.74. The SMILES string of the molecule is O=[N+]([O-])c1cccnc1N1CCCC(O)C1. The summed E-state index contributed by atoms with van der Waals surface area (Å²) in [4.78, 5) is 16.2. The van der Waals surface area contributed by atoms with Crippen molar-refractivity contribution >= 4 is 11.5 Å². The van der Waals surface area contributed by atoms with E-state index in [4.69, 9.17) is 0 Å². The maximum atomic E-state index is 10.8. The minimum absolute atomic E-state index is 0.00315. The third kappa shape index (κ3) is 2.11. The molecule has 0 aromatic carbocycles. The number of hydrogen-bond acceptors (Lipinski definition) is 5. The Hall–Kier alpha value is -1.69. The minimum Gasteiger partial charge on any atom is -0.391 e. The lowest BCUT2D eigenvalue weighted by atomic mass is 10.1. The molecule has 0 amide bonds. The molecule has 1 atom stereocenters. The number of aromatic nitrogens is 1. The van der Waals surface area contributed by atoms with Crippen molar-refractivity contribution in [3.63, 3.8) is 0 Å². The lowest BCUT2D eigenvalue weighted by Crippen LogP contribution is -2.39. The van der Waals surface area contributed by atoms with Gasteiger partial charge in [0, 0.05) is 25.4 Å². The number of pyridine rings is 1. The Kier molecular flexibility index (Phi) is 3.00. The van der Waals surface area contributed by atoms with Crippen molar-refractivity contribution in [3.05, 3.63) is 28.4 Å². The summed E-state index contributed by atoms with van der Waals surface area (Å²) in [7, 11) is 0. The van der Waals surface area contributed by atoms with Crippen molar-refractivity contribution < 1.29 is 10.0 Å². The van der Waals surface area contributed by atoms with E-state index in [1.54, 1.807) is 11.0 Å². The normalized spacial score (nSPS) is 20.8. The molecule has 1 aromatic rings. The first-order valence-corrected chi connectivity index (χ1v) is 5.21. The molecule has 1 aliphatic heterocycles. The van der Waals surface area contributed by atoms with E-state index in [0.717, 1.165) is 12.8 Å². The molecule has 86 valence electrons. The van der Waals surface area contributed by atoms with Crippen molar-refractivity contribution in [1.82, 2.24) is 4.98 Å². The molecular weight excluding hydrogens is 210 g/mol. The highest BCUT2D eigenvalue weighted by Gasteiger charge is 2.25. The first kappa shape index (κ1) is 10.8. The Morgan fingerprint density at radius 3 is 3.12 bits per heavy atom. The monoisotopic (exact) mass is 223 g/mol. The van der Waals surface area contributed by atoms with Gasteiger partial charge in [0.15, 0.2) is 0 Å². The predicted octanol–water partition coefficient (Wildman–Crippen LogP) is 0.951. The second-order valence-electron chi connectivity index (χ2n) is 3.85. The molecule has 1 unspecified atom stereocenters. The predicted molar refractivity (Wildman–Crippen MR) is 58.3 cm³/mol. The third-order valence-electron chi connectivity index (χ3n) is 2.66. The summed E-state index contributed by atoms with van der Waals surface area (Å²) in [5.41, 5.74) is -0.00315. The van der Waals surface area contributed by atoms with Crippen LogP contribution in [0.25, 0.3) is 0 Å². The van der Waals surface area contributed by atoms with Gasteiger partial charge in [-0.05, 0) is 18.9 Å². The number of β-amino-alcohol motifs (C(OH)–C–C–N with tert-alkyl or cyclic N) is 1. The maximum absolute atomic E-state index is 10.8. The fraction of sp³-hybridized carbons (Fsp3) is 0.500. The molecule has 2 rings (SSSR count). The fourth-order valence-electron chi connectivity index (χ4n) is 1.92. The van der Waals surface area contributed by atoms with Crippen molar-refractivity contribution in [3.8, 4) is 0 Å². The van der Waals surface area contributed by atoms with Gasteiger partial charge < -0.3 is 10.0 Å². The molecule has 2 heterocycles. The first-order chi connectivity index (χ1) is 7.68. The van der Waals surface area contributed by atoms with Crippen LogP contribution in [-0.2, 0) is 0 Å². The number of anilines is 1. The average molecular weight is 223 g/mol. The van der Waals surface area contributed by atoms with Gasteiger partial charge >= 0.3 is 5.69 Å². The Morgan fingerprint density at radius 2 is 2.44 bits per heavy atom. The van der Waals surface area contributed by atoms with Crippen LogP contribution < -0.4 is 4.90 Å². The third-order valence-corrected chi connectivity index (χ3v) is 2.66. The summed E-state index contributed by atoms with van der Waals surface area (Å²) in [6.07, 6.45) is 2.69. The molecule has 0 spiro atoms. The summed E-state index contributed by atoms with van der Waals surface area (Å²) < 4.78 is 0. The Morgan fingerprint density at radius 1 is 1.62 bits per heavy atom. The van der Waals surface area contributed by atoms with E-state index in [2.05, 4.69) is 4.98 Å². The van der Waals surface area contributed by atoms with E-state index in [-0.39, 0.29) is 5.69 Å². The quantitative estimate of drug-likeness (QED) is 0.596. The summed E-state index contributed by atoms with van der Waals surface area (Å²) in [6, 6.07) is 2.98. The molecule has 1 fully saturated rings. The fourth-order valence-corrected chi connectivity index (χ4v) is 1.92. The van der Waals surface area contributed by atoms with Crippen molar-refractivity contribution in [2.24, 2.45) is 0 Å². The van der Waals surface area contributed by atoms with Crippen LogP contribution >= 0.6 is 0 Å². The molecule has 0 saturated carbocycles. The number of aliphatic hydroxyl groups is 1. The van der Waals surface area contributed by atoms with E-state index in [1.807, 2.05) is 0 Å². The number of nitrogens with zero attached hydrogens (tertiary/aromatic N) is 3. The van der Waals surface area contributed by atoms with Gasteiger partial charge in [-0.15, -0.1) is 0 Å². The highest BCUT2D eigenvalue weighted by molar-refractivity contribution is 5.57. The Labute approximate surface area is 92.7 Å². The van der Waals surface area contributed by atoms with E-state index in [1.165, 1.54) is 12.3 Å².